The molecule has 1 saturated carbocycles. The lowest BCUT2D eigenvalue weighted by Crippen LogP contribution is -2.47. The Bertz CT molecular complexity index is 688. The van der Waals surface area contributed by atoms with Gasteiger partial charge in [-0.1, -0.05) is 32.1 Å². The quantitative estimate of drug-likeness (QED) is 0.854. The number of hydrogen-bond acceptors (Lipinski definition) is 5. The summed E-state index contributed by atoms with van der Waals surface area (Å²) in [6.07, 6.45) is 6.24. The van der Waals surface area contributed by atoms with Gasteiger partial charge in [0.25, 0.3) is 5.91 Å². The number of hydrogen-bond donors (Lipinski definition) is 2. The smallest absolute Gasteiger partial charge is 0.260 e. The summed E-state index contributed by atoms with van der Waals surface area (Å²) in [4.78, 5) is 18.6. The topological polar surface area (TPSA) is 88.2 Å². The largest absolute Gasteiger partial charge is 0.504 e. The second kappa shape index (κ2) is 6.90. The number of rotatable bonds is 5. The molecule has 0 spiro atoms. The summed E-state index contributed by atoms with van der Waals surface area (Å²) < 4.78 is 18.8. The van der Waals surface area contributed by atoms with Crippen molar-refractivity contribution in [3.8, 4) is 11.5 Å². The SMILES string of the molecule is CN1C(=O)C(COc2ccc(F)cc2O)(CC2CCCCC2)N=C1N. The van der Waals surface area contributed by atoms with Crippen molar-refractivity contribution in [1.29, 1.82) is 0 Å². The molecule has 1 aliphatic heterocycles. The van der Waals surface area contributed by atoms with Gasteiger partial charge in [0.05, 0.1) is 0 Å². The molecule has 1 atom stereocenters. The van der Waals surface area contributed by atoms with Crippen molar-refractivity contribution in [3.05, 3.63) is 24.0 Å². The van der Waals surface area contributed by atoms with Crippen LogP contribution in [0.4, 0.5) is 4.39 Å². The van der Waals surface area contributed by atoms with Crippen molar-refractivity contribution in [3.63, 3.8) is 0 Å². The fourth-order valence-corrected chi connectivity index (χ4v) is 3.72. The number of carbonyl (C=O) groups excluding carboxylic acids is 1. The van der Waals surface area contributed by atoms with Crippen LogP contribution in [0.5, 0.6) is 11.5 Å². The maximum Gasteiger partial charge on any atom is 0.260 e. The molecule has 3 N–H and O–H groups in total. The van der Waals surface area contributed by atoms with Crippen LogP contribution in [0, 0.1) is 11.7 Å². The van der Waals surface area contributed by atoms with Crippen molar-refractivity contribution in [1.82, 2.24) is 4.90 Å². The fraction of sp³-hybridized carbons (Fsp3) is 0.556. The van der Waals surface area contributed by atoms with E-state index in [9.17, 15) is 14.3 Å². The average Bonchev–Trinajstić information content (AvgIpc) is 2.79. The van der Waals surface area contributed by atoms with Crippen LogP contribution in [0.1, 0.15) is 38.5 Å². The van der Waals surface area contributed by atoms with E-state index in [0.717, 1.165) is 31.7 Å². The van der Waals surface area contributed by atoms with E-state index in [4.69, 9.17) is 10.5 Å². The number of likely N-dealkylation sites (N-methyl/N-ethyl adjacent to an activating group) is 1. The van der Waals surface area contributed by atoms with E-state index >= 15 is 0 Å². The highest BCUT2D eigenvalue weighted by atomic mass is 19.1. The number of ether oxygens (including phenoxy) is 1. The zero-order chi connectivity index (χ0) is 18.0. The molecular weight excluding hydrogens is 325 g/mol. The second-order valence-electron chi connectivity index (χ2n) is 6.97. The Hall–Kier alpha value is -2.31. The lowest BCUT2D eigenvalue weighted by molar-refractivity contribution is -0.132. The maximum atomic E-state index is 13.1. The van der Waals surface area contributed by atoms with Crippen LogP contribution in [0.3, 0.4) is 0 Å². The van der Waals surface area contributed by atoms with Gasteiger partial charge in [-0.15, -0.1) is 0 Å². The van der Waals surface area contributed by atoms with Crippen LogP contribution in [0.15, 0.2) is 23.2 Å². The van der Waals surface area contributed by atoms with Gasteiger partial charge in [0.2, 0.25) is 0 Å². The fourth-order valence-electron chi connectivity index (χ4n) is 3.72. The number of aliphatic imine (C=N–C) groups is 1. The van der Waals surface area contributed by atoms with Gasteiger partial charge in [0, 0.05) is 13.1 Å². The van der Waals surface area contributed by atoms with Gasteiger partial charge in [-0.05, 0) is 24.5 Å². The molecule has 1 amide bonds. The third-order valence-electron chi connectivity index (χ3n) is 5.11. The van der Waals surface area contributed by atoms with E-state index < -0.39 is 11.4 Å². The molecule has 1 aromatic rings. The molecule has 25 heavy (non-hydrogen) atoms. The minimum atomic E-state index is -1.08. The van der Waals surface area contributed by atoms with E-state index in [0.29, 0.717) is 12.3 Å². The number of amides is 1. The van der Waals surface area contributed by atoms with Gasteiger partial charge >= 0.3 is 0 Å². The minimum Gasteiger partial charge on any atom is -0.504 e. The number of carbonyl (C=O) groups is 1. The number of nitrogens with two attached hydrogens (primary N) is 1. The molecule has 0 bridgehead atoms. The first kappa shape index (κ1) is 17.5. The number of phenolic OH excluding ortho intramolecular Hbond substituents is 1. The molecule has 2 aliphatic rings. The molecule has 1 unspecified atom stereocenters. The van der Waals surface area contributed by atoms with Crippen LogP contribution in [-0.2, 0) is 4.79 Å². The third-order valence-corrected chi connectivity index (χ3v) is 5.11. The number of halogens is 1. The van der Waals surface area contributed by atoms with Crippen LogP contribution >= 0.6 is 0 Å². The molecule has 6 nitrogen and oxygen atoms in total. The summed E-state index contributed by atoms with van der Waals surface area (Å²) in [5.41, 5.74) is 4.79. The summed E-state index contributed by atoms with van der Waals surface area (Å²) in [6.45, 7) is -0.0352. The summed E-state index contributed by atoms with van der Waals surface area (Å²) in [6, 6.07) is 3.52. The highest BCUT2D eigenvalue weighted by Crippen LogP contribution is 2.37. The average molecular weight is 349 g/mol. The number of benzene rings is 1. The first-order valence-corrected chi connectivity index (χ1v) is 8.66. The molecule has 3 rings (SSSR count). The zero-order valence-corrected chi connectivity index (χ0v) is 14.4. The first-order valence-electron chi connectivity index (χ1n) is 8.66. The van der Waals surface area contributed by atoms with Gasteiger partial charge in [0.15, 0.2) is 23.0 Å². The first-order chi connectivity index (χ1) is 11.9. The number of phenols is 1. The molecule has 1 fully saturated rings. The Morgan fingerprint density at radius 2 is 2.12 bits per heavy atom. The predicted molar refractivity (Wildman–Crippen MR) is 91.9 cm³/mol. The summed E-state index contributed by atoms with van der Waals surface area (Å²) in [7, 11) is 1.60. The second-order valence-corrected chi connectivity index (χ2v) is 6.97. The zero-order valence-electron chi connectivity index (χ0n) is 14.4. The van der Waals surface area contributed by atoms with Crippen LogP contribution in [0.2, 0.25) is 0 Å². The van der Waals surface area contributed by atoms with E-state index in [1.807, 2.05) is 0 Å². The van der Waals surface area contributed by atoms with E-state index in [1.165, 1.54) is 23.5 Å². The van der Waals surface area contributed by atoms with Crippen molar-refractivity contribution in [2.75, 3.05) is 13.7 Å². The Morgan fingerprint density at radius 1 is 1.40 bits per heavy atom. The highest BCUT2D eigenvalue weighted by molar-refractivity contribution is 6.06. The van der Waals surface area contributed by atoms with Crippen molar-refractivity contribution in [2.45, 2.75) is 44.1 Å². The summed E-state index contributed by atoms with van der Waals surface area (Å²) in [5.74, 6) is -0.360. The number of guanidine groups is 1. The van der Waals surface area contributed by atoms with Crippen LogP contribution < -0.4 is 10.5 Å². The Morgan fingerprint density at radius 3 is 2.72 bits per heavy atom. The van der Waals surface area contributed by atoms with Crippen LogP contribution in [0.25, 0.3) is 0 Å². The lowest BCUT2D eigenvalue weighted by atomic mass is 9.79. The molecule has 136 valence electrons. The molecule has 0 aromatic heterocycles. The standard InChI is InChI=1S/C18H24FN3O3/c1-22-16(24)18(21-17(22)20,10-12-5-3-2-4-6-12)11-25-15-8-7-13(19)9-14(15)23/h7-9,12,23H,2-6,10-11H2,1H3,(H2,20,21). The number of nitrogens with zero attached hydrogens (tertiary/aromatic N) is 2. The minimum absolute atomic E-state index is 0.0352. The van der Waals surface area contributed by atoms with Crippen molar-refractivity contribution >= 4 is 11.9 Å². The summed E-state index contributed by atoms with van der Waals surface area (Å²) in [5, 5.41) is 9.82. The molecule has 1 aliphatic carbocycles. The normalized spacial score (nSPS) is 24.5. The Labute approximate surface area is 146 Å². The lowest BCUT2D eigenvalue weighted by Gasteiger charge is -2.31. The molecular formula is C18H24FN3O3. The molecule has 1 aromatic carbocycles. The molecule has 0 saturated heterocycles. The predicted octanol–water partition coefficient (Wildman–Crippen LogP) is 2.41. The van der Waals surface area contributed by atoms with Crippen LogP contribution in [-0.4, -0.2) is 41.1 Å². The van der Waals surface area contributed by atoms with Crippen molar-refractivity contribution in [2.24, 2.45) is 16.6 Å². The van der Waals surface area contributed by atoms with Gasteiger partial charge in [-0.3, -0.25) is 9.69 Å². The monoisotopic (exact) mass is 349 g/mol. The number of aromatic hydroxyl groups is 1. The maximum absolute atomic E-state index is 13.1. The van der Waals surface area contributed by atoms with Crippen molar-refractivity contribution < 1.29 is 19.0 Å². The highest BCUT2D eigenvalue weighted by Gasteiger charge is 2.48. The van der Waals surface area contributed by atoms with Gasteiger partial charge < -0.3 is 15.6 Å². The van der Waals surface area contributed by atoms with Gasteiger partial charge in [0.1, 0.15) is 12.4 Å². The Balaban J connectivity index is 1.80. The van der Waals surface area contributed by atoms with E-state index in [2.05, 4.69) is 4.99 Å². The van der Waals surface area contributed by atoms with E-state index in [-0.39, 0.29) is 30.0 Å². The van der Waals surface area contributed by atoms with Gasteiger partial charge in [-0.2, -0.15) is 0 Å². The molecule has 7 heteroatoms. The summed E-state index contributed by atoms with van der Waals surface area (Å²) >= 11 is 0. The Kier molecular flexibility index (Phi) is 4.83. The third kappa shape index (κ3) is 3.55. The van der Waals surface area contributed by atoms with E-state index in [1.54, 1.807) is 7.05 Å². The molecule has 0 radical (unpaired) electrons. The molecule has 1 heterocycles. The van der Waals surface area contributed by atoms with Gasteiger partial charge in [-0.25, -0.2) is 9.38 Å².